The van der Waals surface area contributed by atoms with Crippen LogP contribution in [0.4, 0.5) is 13.2 Å². The summed E-state index contributed by atoms with van der Waals surface area (Å²) in [6.07, 6.45) is 3.50. The molecule has 1 saturated heterocycles. The van der Waals surface area contributed by atoms with E-state index >= 15 is 0 Å². The Labute approximate surface area is 185 Å². The molecule has 1 amide bonds. The minimum Gasteiger partial charge on any atom is -0.342 e. The first-order chi connectivity index (χ1) is 15.1. The fourth-order valence-corrected chi connectivity index (χ4v) is 5.45. The molecule has 1 saturated carbocycles. The molecule has 0 spiro atoms. The minimum atomic E-state index is -3.31. The largest absolute Gasteiger partial charge is 0.342 e. The van der Waals surface area contributed by atoms with Gasteiger partial charge in [-0.1, -0.05) is 12.1 Å². The van der Waals surface area contributed by atoms with Crippen LogP contribution >= 0.6 is 0 Å². The average Bonchev–Trinajstić information content (AvgIpc) is 3.51. The van der Waals surface area contributed by atoms with Crippen LogP contribution in [-0.4, -0.2) is 44.6 Å². The monoisotopic (exact) mass is 466 g/mol. The SMILES string of the molecule is CS(=O)(=O)N[C@H]1CCCN(C(=O)[C@@H]2C[C@H]2c2ccc(F)cc2-c2c(F)cccc2F)CC1. The number of hydrogen-bond donors (Lipinski definition) is 1. The standard InChI is InChI=1S/C23H25F3N2O3S/c1-32(30,31)27-15-4-3-10-28(11-9-15)23(29)19-13-17(19)16-8-7-14(24)12-18(16)22-20(25)5-2-6-21(22)26/h2,5-8,12,15,17,19,27H,3-4,9-11,13H2,1H3/t15-,17-,19+/m0/s1. The van der Waals surface area contributed by atoms with Crippen molar-refractivity contribution in [3.63, 3.8) is 0 Å². The van der Waals surface area contributed by atoms with Crippen molar-refractivity contribution < 1.29 is 26.4 Å². The van der Waals surface area contributed by atoms with Crippen LogP contribution in [0.2, 0.25) is 0 Å². The topological polar surface area (TPSA) is 66.5 Å². The molecule has 32 heavy (non-hydrogen) atoms. The zero-order valence-corrected chi connectivity index (χ0v) is 18.5. The highest BCUT2D eigenvalue weighted by Crippen LogP contribution is 2.51. The van der Waals surface area contributed by atoms with Crippen LogP contribution in [0.5, 0.6) is 0 Å². The van der Waals surface area contributed by atoms with Crippen molar-refractivity contribution in [1.29, 1.82) is 0 Å². The fourth-order valence-electron chi connectivity index (χ4n) is 4.61. The summed E-state index contributed by atoms with van der Waals surface area (Å²) in [5.41, 5.74) is 0.402. The molecule has 0 radical (unpaired) electrons. The molecule has 0 unspecified atom stereocenters. The van der Waals surface area contributed by atoms with E-state index in [1.54, 1.807) is 4.90 Å². The molecule has 3 atom stereocenters. The van der Waals surface area contributed by atoms with Crippen LogP contribution in [0, 0.1) is 23.4 Å². The highest BCUT2D eigenvalue weighted by molar-refractivity contribution is 7.88. The maximum Gasteiger partial charge on any atom is 0.226 e. The lowest BCUT2D eigenvalue weighted by atomic mass is 9.94. The molecule has 0 aromatic heterocycles. The maximum atomic E-state index is 14.4. The fraction of sp³-hybridized carbons (Fsp3) is 0.435. The molecule has 1 N–H and O–H groups in total. The predicted molar refractivity (Wildman–Crippen MR) is 115 cm³/mol. The number of nitrogens with one attached hydrogen (secondary N) is 1. The molecule has 5 nitrogen and oxygen atoms in total. The average molecular weight is 467 g/mol. The van der Waals surface area contributed by atoms with E-state index in [0.29, 0.717) is 44.3 Å². The molecular formula is C23H25F3N2O3S. The zero-order chi connectivity index (χ0) is 23.0. The Hall–Kier alpha value is -2.39. The van der Waals surface area contributed by atoms with Crippen molar-refractivity contribution in [2.75, 3.05) is 19.3 Å². The van der Waals surface area contributed by atoms with Crippen molar-refractivity contribution >= 4 is 15.9 Å². The second kappa shape index (κ2) is 8.86. The van der Waals surface area contributed by atoms with E-state index < -0.39 is 27.5 Å². The third kappa shape index (κ3) is 4.99. The summed E-state index contributed by atoms with van der Waals surface area (Å²) < 4.78 is 68.3. The quantitative estimate of drug-likeness (QED) is 0.729. The Bertz CT molecular complexity index is 1120. The number of rotatable bonds is 5. The van der Waals surface area contributed by atoms with E-state index in [2.05, 4.69) is 4.72 Å². The summed E-state index contributed by atoms with van der Waals surface area (Å²) in [7, 11) is -3.31. The molecule has 2 fully saturated rings. The third-order valence-corrected chi connectivity index (χ3v) is 6.94. The Kier molecular flexibility index (Phi) is 6.31. The molecule has 4 rings (SSSR count). The van der Waals surface area contributed by atoms with Crippen LogP contribution < -0.4 is 4.72 Å². The van der Waals surface area contributed by atoms with Gasteiger partial charge >= 0.3 is 0 Å². The molecule has 2 aromatic rings. The zero-order valence-electron chi connectivity index (χ0n) is 17.7. The van der Waals surface area contributed by atoms with Gasteiger partial charge in [-0.25, -0.2) is 26.3 Å². The lowest BCUT2D eigenvalue weighted by Gasteiger charge is -2.21. The van der Waals surface area contributed by atoms with Gasteiger partial charge in [-0.15, -0.1) is 0 Å². The second-order valence-corrected chi connectivity index (χ2v) is 10.4. The van der Waals surface area contributed by atoms with Gasteiger partial charge < -0.3 is 4.90 Å². The van der Waals surface area contributed by atoms with Crippen molar-refractivity contribution in [2.24, 2.45) is 5.92 Å². The number of nitrogens with zero attached hydrogens (tertiary/aromatic N) is 1. The maximum absolute atomic E-state index is 14.4. The van der Waals surface area contributed by atoms with Gasteiger partial charge in [0.2, 0.25) is 15.9 Å². The van der Waals surface area contributed by atoms with Crippen LogP contribution in [0.3, 0.4) is 0 Å². The van der Waals surface area contributed by atoms with Crippen LogP contribution in [-0.2, 0) is 14.8 Å². The smallest absolute Gasteiger partial charge is 0.226 e. The molecule has 172 valence electrons. The first-order valence-corrected chi connectivity index (χ1v) is 12.5. The number of sulfonamides is 1. The number of amides is 1. The molecule has 2 aliphatic rings. The van der Waals surface area contributed by atoms with Crippen LogP contribution in [0.15, 0.2) is 36.4 Å². The normalized spacial score (nSPS) is 23.6. The van der Waals surface area contributed by atoms with Crippen LogP contribution in [0.1, 0.15) is 37.2 Å². The first-order valence-electron chi connectivity index (χ1n) is 10.6. The van der Waals surface area contributed by atoms with E-state index in [0.717, 1.165) is 24.5 Å². The van der Waals surface area contributed by atoms with Gasteiger partial charge in [-0.2, -0.15) is 0 Å². The number of benzene rings is 2. The van der Waals surface area contributed by atoms with Crippen molar-refractivity contribution in [2.45, 2.75) is 37.6 Å². The molecule has 2 aromatic carbocycles. The predicted octanol–water partition coefficient (Wildman–Crippen LogP) is 3.80. The van der Waals surface area contributed by atoms with Gasteiger partial charge in [0, 0.05) is 25.0 Å². The summed E-state index contributed by atoms with van der Waals surface area (Å²) in [4.78, 5) is 14.8. The highest BCUT2D eigenvalue weighted by Gasteiger charge is 2.47. The Morgan fingerprint density at radius 2 is 1.78 bits per heavy atom. The second-order valence-electron chi connectivity index (χ2n) is 8.62. The summed E-state index contributed by atoms with van der Waals surface area (Å²) in [6.45, 7) is 0.968. The van der Waals surface area contributed by atoms with Gasteiger partial charge in [-0.3, -0.25) is 4.79 Å². The number of halogens is 3. The molecular weight excluding hydrogens is 441 g/mol. The summed E-state index contributed by atoms with van der Waals surface area (Å²) >= 11 is 0. The van der Waals surface area contributed by atoms with E-state index in [9.17, 15) is 26.4 Å². The Balaban J connectivity index is 1.51. The lowest BCUT2D eigenvalue weighted by Crippen LogP contribution is -2.36. The van der Waals surface area contributed by atoms with Crippen LogP contribution in [0.25, 0.3) is 11.1 Å². The number of hydrogen-bond acceptors (Lipinski definition) is 3. The van der Waals surface area contributed by atoms with Gasteiger partial charge in [-0.05, 0) is 67.0 Å². The van der Waals surface area contributed by atoms with Gasteiger partial charge in [0.1, 0.15) is 17.5 Å². The molecule has 1 heterocycles. The third-order valence-electron chi connectivity index (χ3n) is 6.18. The van der Waals surface area contributed by atoms with E-state index in [-0.39, 0.29) is 34.9 Å². The van der Waals surface area contributed by atoms with Crippen molar-refractivity contribution in [1.82, 2.24) is 9.62 Å². The highest BCUT2D eigenvalue weighted by atomic mass is 32.2. The van der Waals surface area contributed by atoms with E-state index in [4.69, 9.17) is 0 Å². The van der Waals surface area contributed by atoms with Gasteiger partial charge in [0.25, 0.3) is 0 Å². The lowest BCUT2D eigenvalue weighted by molar-refractivity contribution is -0.132. The number of likely N-dealkylation sites (tertiary alicyclic amines) is 1. The Morgan fingerprint density at radius 1 is 1.06 bits per heavy atom. The first kappa shape index (κ1) is 22.8. The molecule has 1 aliphatic heterocycles. The summed E-state index contributed by atoms with van der Waals surface area (Å²) in [5.74, 6) is -2.81. The van der Waals surface area contributed by atoms with Crippen molar-refractivity contribution in [3.05, 3.63) is 59.4 Å². The van der Waals surface area contributed by atoms with Crippen molar-refractivity contribution in [3.8, 4) is 11.1 Å². The van der Waals surface area contributed by atoms with Gasteiger partial charge in [0.15, 0.2) is 0 Å². The molecule has 1 aliphatic carbocycles. The minimum absolute atomic E-state index is 0.0562. The number of carbonyl (C=O) groups is 1. The molecule has 0 bridgehead atoms. The molecule has 9 heteroatoms. The van der Waals surface area contributed by atoms with E-state index in [1.165, 1.54) is 18.2 Å². The summed E-state index contributed by atoms with van der Waals surface area (Å²) in [6, 6.07) is 7.16. The summed E-state index contributed by atoms with van der Waals surface area (Å²) in [5, 5.41) is 0. The van der Waals surface area contributed by atoms with E-state index in [1.807, 2.05) is 0 Å². The van der Waals surface area contributed by atoms with Gasteiger partial charge in [0.05, 0.1) is 11.8 Å². The Morgan fingerprint density at radius 3 is 2.47 bits per heavy atom. The number of carbonyl (C=O) groups excluding carboxylic acids is 1.